The van der Waals surface area contributed by atoms with Crippen LogP contribution >= 0.6 is 0 Å². The van der Waals surface area contributed by atoms with Crippen molar-refractivity contribution in [3.8, 4) is 11.5 Å². The number of benzene rings is 1. The molecule has 10 heteroatoms. The minimum Gasteiger partial charge on any atom is -0.497 e. The molecule has 1 aliphatic rings. The average molecular weight is 431 g/mol. The number of carboxylic acids is 2. The Hall–Kier alpha value is -3.66. The molecule has 1 fully saturated rings. The average Bonchev–Trinajstić information content (AvgIpc) is 2.79. The highest BCUT2D eigenvalue weighted by Gasteiger charge is 2.23. The van der Waals surface area contributed by atoms with Gasteiger partial charge in [0.25, 0.3) is 5.91 Å². The van der Waals surface area contributed by atoms with Gasteiger partial charge in [-0.2, -0.15) is 0 Å². The second-order valence-corrected chi connectivity index (χ2v) is 6.64. The standard InChI is InChI=1S/C19H23N3O3.C2H2O4/c1-24-17-10-16(11-18(12-17)25-2)19(23)22-8-6-21(7-9-22)14-15-4-3-5-20-13-15;3-1(4)2(5)6/h3-5,10-13H,6-9,14H2,1-2H3;(H,3,4)(H,5,6). The van der Waals surface area contributed by atoms with E-state index in [-0.39, 0.29) is 5.91 Å². The predicted octanol–water partition coefficient (Wildman–Crippen LogP) is 1.21. The van der Waals surface area contributed by atoms with Gasteiger partial charge in [0, 0.05) is 56.7 Å². The summed E-state index contributed by atoms with van der Waals surface area (Å²) in [5.41, 5.74) is 1.79. The number of hydrogen-bond acceptors (Lipinski definition) is 7. The van der Waals surface area contributed by atoms with Gasteiger partial charge in [0.15, 0.2) is 0 Å². The summed E-state index contributed by atoms with van der Waals surface area (Å²) in [6, 6.07) is 9.31. The first kappa shape index (κ1) is 23.6. The van der Waals surface area contributed by atoms with Crippen LogP contribution in [0, 0.1) is 0 Å². The minimum absolute atomic E-state index is 0.0122. The van der Waals surface area contributed by atoms with E-state index in [0.29, 0.717) is 30.2 Å². The number of piperazine rings is 1. The molecule has 166 valence electrons. The predicted molar refractivity (Wildman–Crippen MR) is 110 cm³/mol. The molecule has 1 amide bonds. The van der Waals surface area contributed by atoms with Crippen LogP contribution in [-0.4, -0.2) is 83.2 Å². The Balaban J connectivity index is 0.000000501. The van der Waals surface area contributed by atoms with Crippen molar-refractivity contribution in [2.75, 3.05) is 40.4 Å². The van der Waals surface area contributed by atoms with E-state index in [1.54, 1.807) is 38.6 Å². The van der Waals surface area contributed by atoms with Gasteiger partial charge in [0.1, 0.15) is 11.5 Å². The lowest BCUT2D eigenvalue weighted by Crippen LogP contribution is -2.48. The lowest BCUT2D eigenvalue weighted by Gasteiger charge is -2.34. The van der Waals surface area contributed by atoms with E-state index in [4.69, 9.17) is 29.3 Å². The summed E-state index contributed by atoms with van der Waals surface area (Å²) < 4.78 is 10.5. The van der Waals surface area contributed by atoms with Gasteiger partial charge in [-0.05, 0) is 23.8 Å². The van der Waals surface area contributed by atoms with Crippen LogP contribution in [0.4, 0.5) is 0 Å². The fourth-order valence-electron chi connectivity index (χ4n) is 2.97. The molecular formula is C21H25N3O7. The van der Waals surface area contributed by atoms with E-state index < -0.39 is 11.9 Å². The number of carbonyl (C=O) groups excluding carboxylic acids is 1. The van der Waals surface area contributed by atoms with Gasteiger partial charge in [-0.25, -0.2) is 9.59 Å². The van der Waals surface area contributed by atoms with Crippen molar-refractivity contribution in [2.24, 2.45) is 0 Å². The molecule has 0 radical (unpaired) electrons. The Labute approximate surface area is 179 Å². The molecule has 0 aliphatic carbocycles. The molecule has 2 aromatic rings. The first-order valence-corrected chi connectivity index (χ1v) is 9.44. The zero-order valence-corrected chi connectivity index (χ0v) is 17.4. The first-order valence-electron chi connectivity index (χ1n) is 9.44. The van der Waals surface area contributed by atoms with Crippen LogP contribution < -0.4 is 9.47 Å². The summed E-state index contributed by atoms with van der Waals surface area (Å²) in [5.74, 6) is -2.39. The fourth-order valence-corrected chi connectivity index (χ4v) is 2.97. The van der Waals surface area contributed by atoms with Gasteiger partial charge in [-0.3, -0.25) is 14.7 Å². The Bertz CT molecular complexity index is 863. The third kappa shape index (κ3) is 7.27. The molecule has 1 aliphatic heterocycles. The zero-order chi connectivity index (χ0) is 22.8. The van der Waals surface area contributed by atoms with Crippen LogP contribution in [-0.2, 0) is 16.1 Å². The number of methoxy groups -OCH3 is 2. The van der Waals surface area contributed by atoms with Crippen LogP contribution in [0.2, 0.25) is 0 Å². The van der Waals surface area contributed by atoms with Crippen molar-refractivity contribution in [1.82, 2.24) is 14.8 Å². The summed E-state index contributed by atoms with van der Waals surface area (Å²) in [6.07, 6.45) is 3.67. The summed E-state index contributed by atoms with van der Waals surface area (Å²) in [6.45, 7) is 3.98. The van der Waals surface area contributed by atoms with E-state index >= 15 is 0 Å². The quantitative estimate of drug-likeness (QED) is 0.671. The SMILES string of the molecule is COc1cc(OC)cc(C(=O)N2CCN(Cc3cccnc3)CC2)c1.O=C(O)C(=O)O. The van der Waals surface area contributed by atoms with E-state index in [1.807, 2.05) is 17.2 Å². The van der Waals surface area contributed by atoms with Crippen LogP contribution in [0.25, 0.3) is 0 Å². The molecular weight excluding hydrogens is 406 g/mol. The van der Waals surface area contributed by atoms with E-state index in [2.05, 4.69) is 16.0 Å². The number of aliphatic carboxylic acids is 2. The largest absolute Gasteiger partial charge is 0.497 e. The highest BCUT2D eigenvalue weighted by Crippen LogP contribution is 2.24. The number of ether oxygens (including phenoxy) is 2. The number of hydrogen-bond donors (Lipinski definition) is 2. The third-order valence-electron chi connectivity index (χ3n) is 4.57. The van der Waals surface area contributed by atoms with Crippen molar-refractivity contribution in [1.29, 1.82) is 0 Å². The van der Waals surface area contributed by atoms with Crippen molar-refractivity contribution in [3.05, 3.63) is 53.9 Å². The minimum atomic E-state index is -1.82. The Morgan fingerprint density at radius 2 is 1.55 bits per heavy atom. The normalized spacial score (nSPS) is 13.5. The molecule has 2 N–H and O–H groups in total. The zero-order valence-electron chi connectivity index (χ0n) is 17.4. The lowest BCUT2D eigenvalue weighted by molar-refractivity contribution is -0.159. The Kier molecular flexibility index (Phi) is 8.77. The number of aromatic nitrogens is 1. The molecule has 2 heterocycles. The maximum atomic E-state index is 12.8. The lowest BCUT2D eigenvalue weighted by atomic mass is 10.1. The van der Waals surface area contributed by atoms with Crippen molar-refractivity contribution >= 4 is 17.8 Å². The number of carboxylic acid groups (broad SMARTS) is 2. The molecule has 10 nitrogen and oxygen atoms in total. The molecule has 31 heavy (non-hydrogen) atoms. The van der Waals surface area contributed by atoms with E-state index in [9.17, 15) is 4.79 Å². The van der Waals surface area contributed by atoms with Crippen LogP contribution in [0.3, 0.4) is 0 Å². The van der Waals surface area contributed by atoms with Gasteiger partial charge in [-0.15, -0.1) is 0 Å². The highest BCUT2D eigenvalue weighted by atomic mass is 16.5. The van der Waals surface area contributed by atoms with Crippen LogP contribution in [0.1, 0.15) is 15.9 Å². The fraction of sp³-hybridized carbons (Fsp3) is 0.333. The number of pyridine rings is 1. The maximum absolute atomic E-state index is 12.8. The highest BCUT2D eigenvalue weighted by molar-refractivity contribution is 6.27. The van der Waals surface area contributed by atoms with Crippen LogP contribution in [0.15, 0.2) is 42.7 Å². The molecule has 0 atom stereocenters. The van der Waals surface area contributed by atoms with Crippen molar-refractivity contribution in [2.45, 2.75) is 6.54 Å². The summed E-state index contributed by atoms with van der Waals surface area (Å²) in [7, 11) is 3.17. The van der Waals surface area contributed by atoms with Gasteiger partial charge >= 0.3 is 11.9 Å². The topological polar surface area (TPSA) is 130 Å². The van der Waals surface area contributed by atoms with Gasteiger partial charge < -0.3 is 24.6 Å². The third-order valence-corrected chi connectivity index (χ3v) is 4.57. The molecule has 1 aromatic heterocycles. The monoisotopic (exact) mass is 431 g/mol. The van der Waals surface area contributed by atoms with Gasteiger partial charge in [0.05, 0.1) is 14.2 Å². The second kappa shape index (κ2) is 11.5. The van der Waals surface area contributed by atoms with Crippen molar-refractivity contribution < 1.29 is 34.1 Å². The number of amides is 1. The summed E-state index contributed by atoms with van der Waals surface area (Å²) >= 11 is 0. The smallest absolute Gasteiger partial charge is 0.414 e. The van der Waals surface area contributed by atoms with Crippen LogP contribution in [0.5, 0.6) is 11.5 Å². The second-order valence-electron chi connectivity index (χ2n) is 6.64. The van der Waals surface area contributed by atoms with Gasteiger partial charge in [0.2, 0.25) is 0 Å². The molecule has 1 saturated heterocycles. The number of nitrogens with zero attached hydrogens (tertiary/aromatic N) is 3. The van der Waals surface area contributed by atoms with Crippen molar-refractivity contribution in [3.63, 3.8) is 0 Å². The molecule has 0 unspecified atom stereocenters. The Morgan fingerprint density at radius 1 is 0.968 bits per heavy atom. The molecule has 0 saturated carbocycles. The number of carbonyl (C=O) groups is 3. The molecule has 1 aromatic carbocycles. The Morgan fingerprint density at radius 3 is 2.00 bits per heavy atom. The molecule has 0 bridgehead atoms. The van der Waals surface area contributed by atoms with E-state index in [0.717, 1.165) is 19.6 Å². The maximum Gasteiger partial charge on any atom is 0.414 e. The summed E-state index contributed by atoms with van der Waals surface area (Å²) in [4.78, 5) is 39.4. The molecule has 3 rings (SSSR count). The van der Waals surface area contributed by atoms with E-state index in [1.165, 1.54) is 5.56 Å². The molecule has 0 spiro atoms. The summed E-state index contributed by atoms with van der Waals surface area (Å²) in [5, 5.41) is 14.8. The first-order chi connectivity index (χ1) is 14.8. The number of rotatable bonds is 5. The van der Waals surface area contributed by atoms with Gasteiger partial charge in [-0.1, -0.05) is 6.07 Å².